The van der Waals surface area contributed by atoms with E-state index >= 15 is 0 Å². The fourth-order valence-corrected chi connectivity index (χ4v) is 4.17. The second-order valence-corrected chi connectivity index (χ2v) is 7.56. The van der Waals surface area contributed by atoms with E-state index in [4.69, 9.17) is 9.57 Å². The zero-order chi connectivity index (χ0) is 20.5. The third-order valence-electron chi connectivity index (χ3n) is 5.75. The number of amides is 2. The second-order valence-electron chi connectivity index (χ2n) is 7.56. The summed E-state index contributed by atoms with van der Waals surface area (Å²) < 4.78 is 5.27. The number of imide groups is 1. The third-order valence-corrected chi connectivity index (χ3v) is 5.75. The number of hydrogen-bond acceptors (Lipinski definition) is 5. The van der Waals surface area contributed by atoms with Crippen molar-refractivity contribution in [3.63, 3.8) is 0 Å². The minimum Gasteiger partial charge on any atom is -0.497 e. The van der Waals surface area contributed by atoms with Crippen LogP contribution < -0.4 is 9.80 Å². The minimum atomic E-state index is -0.786. The predicted molar refractivity (Wildman–Crippen MR) is 109 cm³/mol. The maximum Gasteiger partial charge on any atom is 0.261 e. The number of likely N-dealkylation sites (tertiary alicyclic amines) is 1. The number of nitrogens with zero attached hydrogens (tertiary/aromatic N) is 2. The van der Waals surface area contributed by atoms with Gasteiger partial charge in [0.1, 0.15) is 11.7 Å². The molecule has 2 aliphatic heterocycles. The molecule has 152 valence electrons. The number of benzene rings is 2. The lowest BCUT2D eigenvalue weighted by molar-refractivity contribution is -0.143. The van der Waals surface area contributed by atoms with Crippen molar-refractivity contribution in [2.75, 3.05) is 18.7 Å². The van der Waals surface area contributed by atoms with E-state index in [1.165, 1.54) is 4.90 Å². The molecular weight excluding hydrogens is 368 g/mol. The molecule has 2 saturated heterocycles. The van der Waals surface area contributed by atoms with Crippen LogP contribution in [0.15, 0.2) is 48.5 Å². The Morgan fingerprint density at radius 1 is 1.03 bits per heavy atom. The average Bonchev–Trinajstić information content (AvgIpc) is 3.23. The number of methoxy groups -OCH3 is 1. The summed E-state index contributed by atoms with van der Waals surface area (Å²) in [5.74, 6) is -0.203. The average molecular weight is 394 g/mol. The lowest BCUT2D eigenvalue weighted by Crippen LogP contribution is -2.38. The molecule has 4 rings (SSSR count). The highest BCUT2D eigenvalue weighted by atomic mass is 16.7. The smallest absolute Gasteiger partial charge is 0.261 e. The lowest BCUT2D eigenvalue weighted by atomic mass is 9.90. The van der Waals surface area contributed by atoms with E-state index in [2.05, 4.69) is 0 Å². The van der Waals surface area contributed by atoms with E-state index in [-0.39, 0.29) is 17.9 Å². The summed E-state index contributed by atoms with van der Waals surface area (Å²) in [6.07, 6.45) is 0.932. The van der Waals surface area contributed by atoms with Crippen LogP contribution in [0.4, 0.5) is 5.69 Å². The summed E-state index contributed by atoms with van der Waals surface area (Å²) in [6, 6.07) is 15.1. The number of hydrogen-bond donors (Lipinski definition) is 0. The minimum absolute atomic E-state index is 0.148. The summed E-state index contributed by atoms with van der Waals surface area (Å²) >= 11 is 0. The highest BCUT2D eigenvalue weighted by Crippen LogP contribution is 2.47. The van der Waals surface area contributed by atoms with E-state index in [1.54, 1.807) is 12.2 Å². The van der Waals surface area contributed by atoms with Crippen LogP contribution in [-0.4, -0.2) is 36.5 Å². The summed E-state index contributed by atoms with van der Waals surface area (Å²) in [6.45, 7) is 4.49. The van der Waals surface area contributed by atoms with Crippen molar-refractivity contribution >= 4 is 17.5 Å². The molecule has 2 aromatic rings. The van der Waals surface area contributed by atoms with E-state index < -0.39 is 12.0 Å². The first kappa shape index (κ1) is 19.5. The zero-order valence-corrected chi connectivity index (χ0v) is 17.0. The van der Waals surface area contributed by atoms with Crippen molar-refractivity contribution < 1.29 is 19.2 Å². The Bertz CT molecular complexity index is 911. The SMILES string of the molecule is CCCCN1C(=O)[C@@H]2[C@@H](ON(c3ccccc3C)[C@H]2c2ccc(OC)cc2)C1=O. The summed E-state index contributed by atoms with van der Waals surface area (Å²) in [4.78, 5) is 33.8. The van der Waals surface area contributed by atoms with E-state index in [9.17, 15) is 9.59 Å². The maximum atomic E-state index is 13.2. The number of aryl methyl sites for hydroxylation is 1. The van der Waals surface area contributed by atoms with Crippen LogP contribution >= 0.6 is 0 Å². The standard InChI is InChI=1S/C23H26N2O4/c1-4-5-14-24-22(26)19-20(16-10-12-17(28-3)13-11-16)25(29-21(19)23(24)27)18-9-7-6-8-15(18)2/h6-13,19-21H,4-5,14H2,1-3H3/t19-,20-,21+/m0/s1. The first-order chi connectivity index (χ1) is 14.1. The van der Waals surface area contributed by atoms with Crippen molar-refractivity contribution in [1.82, 2.24) is 4.90 Å². The zero-order valence-electron chi connectivity index (χ0n) is 17.0. The summed E-state index contributed by atoms with van der Waals surface area (Å²) in [7, 11) is 1.62. The Morgan fingerprint density at radius 3 is 2.41 bits per heavy atom. The number of fused-ring (bicyclic) bond motifs is 1. The van der Waals surface area contributed by atoms with Gasteiger partial charge in [0.25, 0.3) is 5.91 Å². The number of hydroxylamine groups is 1. The number of rotatable bonds is 6. The molecular formula is C23H26N2O4. The summed E-state index contributed by atoms with van der Waals surface area (Å²) in [5, 5.41) is 1.75. The Balaban J connectivity index is 1.75. The van der Waals surface area contributed by atoms with Gasteiger partial charge in [0.2, 0.25) is 5.91 Å². The molecule has 2 aliphatic rings. The Morgan fingerprint density at radius 2 is 1.76 bits per heavy atom. The molecule has 29 heavy (non-hydrogen) atoms. The lowest BCUT2D eigenvalue weighted by Gasteiger charge is -2.29. The monoisotopic (exact) mass is 394 g/mol. The van der Waals surface area contributed by atoms with Gasteiger partial charge in [-0.1, -0.05) is 43.7 Å². The largest absolute Gasteiger partial charge is 0.497 e. The maximum absolute atomic E-state index is 13.2. The Labute approximate surface area is 171 Å². The van der Waals surface area contributed by atoms with Crippen LogP contribution in [0, 0.1) is 12.8 Å². The van der Waals surface area contributed by atoms with E-state index in [1.807, 2.05) is 62.4 Å². The molecule has 0 radical (unpaired) electrons. The normalized spacial score (nSPS) is 23.6. The number of unbranched alkanes of at least 4 members (excludes halogenated alkanes) is 1. The Kier molecular flexibility index (Phi) is 5.28. The molecule has 0 aliphatic carbocycles. The topological polar surface area (TPSA) is 59.1 Å². The van der Waals surface area contributed by atoms with Gasteiger partial charge < -0.3 is 4.74 Å². The number of anilines is 1. The van der Waals surface area contributed by atoms with Gasteiger partial charge in [0.05, 0.1) is 18.8 Å². The molecule has 0 unspecified atom stereocenters. The molecule has 6 nitrogen and oxygen atoms in total. The highest BCUT2D eigenvalue weighted by molar-refractivity contribution is 6.07. The van der Waals surface area contributed by atoms with Crippen LogP contribution in [-0.2, 0) is 14.4 Å². The van der Waals surface area contributed by atoms with Crippen LogP contribution in [0.5, 0.6) is 5.75 Å². The fraction of sp³-hybridized carbons (Fsp3) is 0.391. The number of para-hydroxylation sites is 1. The van der Waals surface area contributed by atoms with E-state index in [0.29, 0.717) is 6.54 Å². The van der Waals surface area contributed by atoms with Gasteiger partial charge in [-0.3, -0.25) is 19.3 Å². The number of carbonyl (C=O) groups excluding carboxylic acids is 2. The molecule has 2 aromatic carbocycles. The van der Waals surface area contributed by atoms with Gasteiger partial charge >= 0.3 is 0 Å². The number of carbonyl (C=O) groups is 2. The molecule has 2 amide bonds. The van der Waals surface area contributed by atoms with Gasteiger partial charge in [0, 0.05) is 6.54 Å². The van der Waals surface area contributed by atoms with Gasteiger partial charge in [-0.2, -0.15) is 0 Å². The van der Waals surface area contributed by atoms with Crippen molar-refractivity contribution in [2.24, 2.45) is 5.92 Å². The third kappa shape index (κ3) is 3.27. The van der Waals surface area contributed by atoms with Crippen LogP contribution in [0.25, 0.3) is 0 Å². The summed E-state index contributed by atoms with van der Waals surface area (Å²) in [5.41, 5.74) is 2.80. The molecule has 0 spiro atoms. The van der Waals surface area contributed by atoms with Gasteiger partial charge in [-0.05, 0) is 42.7 Å². The highest BCUT2D eigenvalue weighted by Gasteiger charge is 2.59. The molecule has 0 N–H and O–H groups in total. The van der Waals surface area contributed by atoms with Gasteiger partial charge in [0.15, 0.2) is 6.10 Å². The predicted octanol–water partition coefficient (Wildman–Crippen LogP) is 3.65. The quantitative estimate of drug-likeness (QED) is 0.700. The second kappa shape index (κ2) is 7.87. The number of ether oxygens (including phenoxy) is 1. The molecule has 0 saturated carbocycles. The molecule has 6 heteroatoms. The van der Waals surface area contributed by atoms with Crippen LogP contribution in [0.1, 0.15) is 36.9 Å². The molecule has 2 fully saturated rings. The molecule has 0 aromatic heterocycles. The first-order valence-electron chi connectivity index (χ1n) is 10.1. The van der Waals surface area contributed by atoms with Crippen molar-refractivity contribution in [1.29, 1.82) is 0 Å². The van der Waals surface area contributed by atoms with E-state index in [0.717, 1.165) is 35.4 Å². The van der Waals surface area contributed by atoms with Crippen molar-refractivity contribution in [3.05, 3.63) is 59.7 Å². The first-order valence-corrected chi connectivity index (χ1v) is 10.1. The Hall–Kier alpha value is -2.86. The molecule has 2 heterocycles. The fourth-order valence-electron chi connectivity index (χ4n) is 4.17. The van der Waals surface area contributed by atoms with Gasteiger partial charge in [-0.15, -0.1) is 0 Å². The van der Waals surface area contributed by atoms with Crippen molar-refractivity contribution in [2.45, 2.75) is 38.8 Å². The van der Waals surface area contributed by atoms with Crippen LogP contribution in [0.3, 0.4) is 0 Å². The van der Waals surface area contributed by atoms with Gasteiger partial charge in [-0.25, -0.2) is 5.06 Å². The molecule has 3 atom stereocenters. The van der Waals surface area contributed by atoms with Crippen LogP contribution in [0.2, 0.25) is 0 Å². The van der Waals surface area contributed by atoms with Crippen molar-refractivity contribution in [3.8, 4) is 5.75 Å². The molecule has 0 bridgehead atoms.